The molecule has 208 valence electrons. The molecule has 10 heteroatoms. The lowest BCUT2D eigenvalue weighted by Gasteiger charge is -2.39. The zero-order chi connectivity index (χ0) is 28.5. The molecule has 1 aliphatic rings. The van der Waals surface area contributed by atoms with Crippen LogP contribution in [-0.2, 0) is 11.0 Å². The van der Waals surface area contributed by atoms with E-state index in [1.807, 2.05) is 4.90 Å². The summed E-state index contributed by atoms with van der Waals surface area (Å²) < 4.78 is 93.1. The van der Waals surface area contributed by atoms with Gasteiger partial charge in [0.2, 0.25) is 0 Å². The van der Waals surface area contributed by atoms with Gasteiger partial charge in [-0.2, -0.15) is 26.3 Å². The minimum absolute atomic E-state index is 0.0978. The van der Waals surface area contributed by atoms with Crippen molar-refractivity contribution >= 4 is 5.97 Å². The zero-order valence-corrected chi connectivity index (χ0v) is 20.9. The molecule has 0 aliphatic carbocycles. The van der Waals surface area contributed by atoms with E-state index in [1.54, 1.807) is 18.2 Å². The Hall–Kier alpha value is -3.40. The third-order valence-electron chi connectivity index (χ3n) is 7.25. The third-order valence-corrected chi connectivity index (χ3v) is 7.25. The van der Waals surface area contributed by atoms with Crippen LogP contribution in [0.25, 0.3) is 11.1 Å². The molecular formula is C29H26F7NO2. The van der Waals surface area contributed by atoms with Crippen molar-refractivity contribution in [1.82, 2.24) is 4.90 Å². The monoisotopic (exact) mass is 553 g/mol. The van der Waals surface area contributed by atoms with Crippen molar-refractivity contribution in [3.8, 4) is 11.1 Å². The van der Waals surface area contributed by atoms with Crippen molar-refractivity contribution in [3.63, 3.8) is 0 Å². The Balaban J connectivity index is 1.82. The summed E-state index contributed by atoms with van der Waals surface area (Å²) in [5, 5.41) is 9.67. The van der Waals surface area contributed by atoms with Crippen LogP contribution in [0.5, 0.6) is 0 Å². The number of hydrogen-bond acceptors (Lipinski definition) is 2. The molecule has 0 amide bonds. The molecule has 4 rings (SSSR count). The van der Waals surface area contributed by atoms with Crippen LogP contribution in [0.2, 0.25) is 0 Å². The number of nitrogens with zero attached hydrogens (tertiary/aromatic N) is 1. The molecule has 0 radical (unpaired) electrons. The molecule has 0 bridgehead atoms. The molecule has 1 heterocycles. The van der Waals surface area contributed by atoms with Gasteiger partial charge < -0.3 is 5.11 Å². The van der Waals surface area contributed by atoms with E-state index in [0.29, 0.717) is 27.8 Å². The minimum Gasteiger partial charge on any atom is -0.481 e. The molecule has 3 nitrogen and oxygen atoms in total. The molecule has 1 N–H and O–H groups in total. The van der Waals surface area contributed by atoms with Gasteiger partial charge in [0.1, 0.15) is 5.82 Å². The van der Waals surface area contributed by atoms with E-state index >= 15 is 0 Å². The van der Waals surface area contributed by atoms with Crippen LogP contribution in [0.15, 0.2) is 66.7 Å². The highest BCUT2D eigenvalue weighted by atomic mass is 19.4. The summed E-state index contributed by atoms with van der Waals surface area (Å²) in [7, 11) is 0. The summed E-state index contributed by atoms with van der Waals surface area (Å²) in [6.45, 7) is 1.67. The first kappa shape index (κ1) is 28.6. The molecule has 0 saturated carbocycles. The van der Waals surface area contributed by atoms with E-state index in [4.69, 9.17) is 0 Å². The molecule has 0 spiro atoms. The van der Waals surface area contributed by atoms with E-state index < -0.39 is 47.6 Å². The predicted molar refractivity (Wildman–Crippen MR) is 132 cm³/mol. The maximum Gasteiger partial charge on any atom is 0.416 e. The van der Waals surface area contributed by atoms with Gasteiger partial charge in [-0.25, -0.2) is 4.39 Å². The number of carbonyl (C=O) groups is 1. The second-order valence-corrected chi connectivity index (χ2v) is 9.83. The van der Waals surface area contributed by atoms with Gasteiger partial charge in [-0.15, -0.1) is 0 Å². The largest absolute Gasteiger partial charge is 0.481 e. The summed E-state index contributed by atoms with van der Waals surface area (Å²) in [6.07, 6.45) is -9.10. The molecule has 1 fully saturated rings. The average molecular weight is 554 g/mol. The summed E-state index contributed by atoms with van der Waals surface area (Å²) >= 11 is 0. The standard InChI is InChI=1S/C29H26F7NO2/c1-17(27(38)39)20-14-21(18-2-6-23(7-3-18)28(31,32)33)16-22(15-20)26(19-4-8-25(30)9-5-19)37-12-10-24(11-13-37)29(34,35)36/h2-9,14-17,24,26H,10-13H2,1H3,(H,38,39). The Labute approximate surface area is 220 Å². The van der Waals surface area contributed by atoms with Gasteiger partial charge in [-0.3, -0.25) is 9.69 Å². The number of alkyl halides is 6. The summed E-state index contributed by atoms with van der Waals surface area (Å²) in [5.41, 5.74) is 1.57. The van der Waals surface area contributed by atoms with Crippen LogP contribution < -0.4 is 0 Å². The molecule has 3 aromatic rings. The maximum atomic E-state index is 13.8. The quantitative estimate of drug-likeness (QED) is 0.314. The minimum atomic E-state index is -4.53. The Morgan fingerprint density at radius 2 is 1.38 bits per heavy atom. The first-order valence-corrected chi connectivity index (χ1v) is 12.4. The number of carboxylic acid groups (broad SMARTS) is 1. The van der Waals surface area contributed by atoms with Crippen molar-refractivity contribution in [2.75, 3.05) is 13.1 Å². The van der Waals surface area contributed by atoms with Crippen molar-refractivity contribution in [2.45, 2.75) is 44.1 Å². The van der Waals surface area contributed by atoms with Crippen LogP contribution in [-0.4, -0.2) is 35.2 Å². The Kier molecular flexibility index (Phi) is 8.07. The second kappa shape index (κ2) is 11.0. The first-order valence-electron chi connectivity index (χ1n) is 12.4. The van der Waals surface area contributed by atoms with E-state index in [9.17, 15) is 40.6 Å². The van der Waals surface area contributed by atoms with E-state index in [2.05, 4.69) is 0 Å². The van der Waals surface area contributed by atoms with Gasteiger partial charge in [0.15, 0.2) is 0 Å². The fourth-order valence-corrected chi connectivity index (χ4v) is 4.99. The number of hydrogen-bond donors (Lipinski definition) is 1. The molecule has 1 saturated heterocycles. The van der Waals surface area contributed by atoms with Gasteiger partial charge in [-0.1, -0.05) is 36.4 Å². The number of benzene rings is 3. The maximum absolute atomic E-state index is 13.8. The topological polar surface area (TPSA) is 40.5 Å². The SMILES string of the molecule is CC(C(=O)O)c1cc(-c2ccc(C(F)(F)F)cc2)cc(C(c2ccc(F)cc2)N2CCC(C(F)(F)F)CC2)c1. The molecule has 1 aliphatic heterocycles. The second-order valence-electron chi connectivity index (χ2n) is 9.83. The number of halogens is 7. The molecule has 3 aromatic carbocycles. The summed E-state index contributed by atoms with van der Waals surface area (Å²) in [6, 6.07) is 14.3. The fourth-order valence-electron chi connectivity index (χ4n) is 4.99. The number of rotatable bonds is 6. The third kappa shape index (κ3) is 6.61. The summed E-state index contributed by atoms with van der Waals surface area (Å²) in [5.74, 6) is -4.02. The Bertz CT molecular complexity index is 1290. The lowest BCUT2D eigenvalue weighted by Crippen LogP contribution is -2.41. The summed E-state index contributed by atoms with van der Waals surface area (Å²) in [4.78, 5) is 13.7. The van der Waals surface area contributed by atoms with Crippen molar-refractivity contribution in [2.24, 2.45) is 5.92 Å². The lowest BCUT2D eigenvalue weighted by molar-refractivity contribution is -0.185. The number of carboxylic acids is 1. The average Bonchev–Trinajstić information content (AvgIpc) is 2.88. The van der Waals surface area contributed by atoms with Crippen molar-refractivity contribution < 1.29 is 40.6 Å². The number of piperidine rings is 1. The van der Waals surface area contributed by atoms with Crippen LogP contribution >= 0.6 is 0 Å². The van der Waals surface area contributed by atoms with Gasteiger partial charge in [0, 0.05) is 0 Å². The molecule has 39 heavy (non-hydrogen) atoms. The van der Waals surface area contributed by atoms with E-state index in [-0.39, 0.29) is 25.9 Å². The molecule has 2 unspecified atom stereocenters. The van der Waals surface area contributed by atoms with Crippen molar-refractivity contribution in [1.29, 1.82) is 0 Å². The molecular weight excluding hydrogens is 527 g/mol. The zero-order valence-electron chi connectivity index (χ0n) is 20.9. The Morgan fingerprint density at radius 1 is 0.821 bits per heavy atom. The van der Waals surface area contributed by atoms with Gasteiger partial charge >= 0.3 is 18.3 Å². The van der Waals surface area contributed by atoms with Crippen molar-refractivity contribution in [3.05, 3.63) is 94.8 Å². The van der Waals surface area contributed by atoms with Crippen LogP contribution in [0, 0.1) is 11.7 Å². The Morgan fingerprint density at radius 3 is 1.90 bits per heavy atom. The normalized spacial score (nSPS) is 17.1. The highest BCUT2D eigenvalue weighted by Gasteiger charge is 2.42. The fraction of sp³-hybridized carbons (Fsp3) is 0.345. The molecule has 2 atom stereocenters. The van der Waals surface area contributed by atoms with E-state index in [0.717, 1.165) is 12.1 Å². The van der Waals surface area contributed by atoms with Gasteiger partial charge in [0.05, 0.1) is 23.4 Å². The number of aliphatic carboxylic acids is 1. The van der Waals surface area contributed by atoms with Crippen LogP contribution in [0.1, 0.15) is 54.0 Å². The smallest absolute Gasteiger partial charge is 0.416 e. The predicted octanol–water partition coefficient (Wildman–Crippen LogP) is 8.06. The van der Waals surface area contributed by atoms with Crippen LogP contribution in [0.3, 0.4) is 0 Å². The number of likely N-dealkylation sites (tertiary alicyclic amines) is 1. The first-order chi connectivity index (χ1) is 18.2. The molecule has 0 aromatic heterocycles. The van der Waals surface area contributed by atoms with Gasteiger partial charge in [-0.05, 0) is 91.0 Å². The van der Waals surface area contributed by atoms with E-state index in [1.165, 1.54) is 43.3 Å². The van der Waals surface area contributed by atoms with Crippen LogP contribution in [0.4, 0.5) is 30.7 Å². The highest BCUT2D eigenvalue weighted by Crippen LogP contribution is 2.40. The van der Waals surface area contributed by atoms with Gasteiger partial charge in [0.25, 0.3) is 0 Å². The lowest BCUT2D eigenvalue weighted by atomic mass is 9.87. The highest BCUT2D eigenvalue weighted by molar-refractivity contribution is 5.77.